The molecule has 0 amide bonds. The van der Waals surface area contributed by atoms with Gasteiger partial charge < -0.3 is 9.52 Å². The van der Waals surface area contributed by atoms with Crippen molar-refractivity contribution in [1.82, 2.24) is 4.72 Å². The molecular formula is C15H16ClNO5S. The molecule has 1 heterocycles. The SMILES string of the molecule is Cc1oc(C)c(S(=O)(=O)NC(C)c2ccc(Cl)cc2)c1C(=O)O. The molecule has 1 unspecified atom stereocenters. The van der Waals surface area contributed by atoms with Crippen LogP contribution in [0.1, 0.15) is 40.4 Å². The maximum atomic E-state index is 12.6. The number of nitrogens with one attached hydrogen (secondary N) is 1. The number of rotatable bonds is 5. The van der Waals surface area contributed by atoms with E-state index in [1.165, 1.54) is 13.8 Å². The molecule has 1 aromatic carbocycles. The molecule has 2 aromatic rings. The normalized spacial score (nSPS) is 13.0. The maximum Gasteiger partial charge on any atom is 0.340 e. The summed E-state index contributed by atoms with van der Waals surface area (Å²) in [5, 5.41) is 9.78. The summed E-state index contributed by atoms with van der Waals surface area (Å²) in [6.45, 7) is 4.49. The maximum absolute atomic E-state index is 12.6. The van der Waals surface area contributed by atoms with Crippen molar-refractivity contribution < 1.29 is 22.7 Å². The Morgan fingerprint density at radius 2 is 1.78 bits per heavy atom. The van der Waals surface area contributed by atoms with Crippen LogP contribution in [0.5, 0.6) is 0 Å². The highest BCUT2D eigenvalue weighted by molar-refractivity contribution is 7.89. The third kappa shape index (κ3) is 3.57. The summed E-state index contributed by atoms with van der Waals surface area (Å²) < 4.78 is 32.8. The zero-order valence-corrected chi connectivity index (χ0v) is 14.3. The number of carbonyl (C=O) groups is 1. The number of benzene rings is 1. The average Bonchev–Trinajstić information content (AvgIpc) is 2.74. The summed E-state index contributed by atoms with van der Waals surface area (Å²) in [6, 6.07) is 6.13. The van der Waals surface area contributed by atoms with E-state index in [-0.39, 0.29) is 22.0 Å². The van der Waals surface area contributed by atoms with E-state index in [1.54, 1.807) is 31.2 Å². The first-order valence-corrected chi connectivity index (χ1v) is 8.60. The highest BCUT2D eigenvalue weighted by Crippen LogP contribution is 2.28. The van der Waals surface area contributed by atoms with Crippen LogP contribution in [0.2, 0.25) is 5.02 Å². The highest BCUT2D eigenvalue weighted by atomic mass is 35.5. The third-order valence-corrected chi connectivity index (χ3v) is 5.33. The van der Waals surface area contributed by atoms with E-state index in [0.717, 1.165) is 0 Å². The van der Waals surface area contributed by atoms with E-state index in [4.69, 9.17) is 16.0 Å². The molecule has 8 heteroatoms. The Morgan fingerprint density at radius 1 is 1.22 bits per heavy atom. The molecule has 0 aliphatic carbocycles. The third-order valence-electron chi connectivity index (χ3n) is 3.39. The van der Waals surface area contributed by atoms with Crippen LogP contribution < -0.4 is 4.72 Å². The first-order valence-electron chi connectivity index (χ1n) is 6.74. The fourth-order valence-electron chi connectivity index (χ4n) is 2.35. The molecule has 0 bridgehead atoms. The fourth-order valence-corrected chi connectivity index (χ4v) is 4.11. The molecule has 124 valence electrons. The number of aryl methyl sites for hydroxylation is 2. The molecule has 0 saturated heterocycles. The van der Waals surface area contributed by atoms with Crippen molar-refractivity contribution in [2.75, 3.05) is 0 Å². The minimum atomic E-state index is -4.06. The Morgan fingerprint density at radius 3 is 2.30 bits per heavy atom. The van der Waals surface area contributed by atoms with Crippen LogP contribution in [0.4, 0.5) is 0 Å². The monoisotopic (exact) mass is 357 g/mol. The van der Waals surface area contributed by atoms with Gasteiger partial charge in [-0.2, -0.15) is 0 Å². The lowest BCUT2D eigenvalue weighted by Gasteiger charge is -2.15. The van der Waals surface area contributed by atoms with Crippen molar-refractivity contribution in [2.24, 2.45) is 0 Å². The first kappa shape index (κ1) is 17.5. The molecule has 2 N–H and O–H groups in total. The fraction of sp³-hybridized carbons (Fsp3) is 0.267. The largest absolute Gasteiger partial charge is 0.478 e. The number of aromatic carboxylic acids is 1. The van der Waals surface area contributed by atoms with Gasteiger partial charge in [0.1, 0.15) is 22.0 Å². The standard InChI is InChI=1S/C15H16ClNO5S/c1-8(11-4-6-12(16)7-5-11)17-23(20,21)14-10(3)22-9(2)13(14)15(18)19/h4-8,17H,1-3H3,(H,18,19). The van der Waals surface area contributed by atoms with Gasteiger partial charge in [-0.05, 0) is 38.5 Å². The van der Waals surface area contributed by atoms with Gasteiger partial charge in [0, 0.05) is 11.1 Å². The Labute approximate surface area is 139 Å². The molecule has 23 heavy (non-hydrogen) atoms. The number of hydrogen-bond acceptors (Lipinski definition) is 4. The van der Waals surface area contributed by atoms with Gasteiger partial charge in [0.25, 0.3) is 0 Å². The summed E-state index contributed by atoms with van der Waals surface area (Å²) in [4.78, 5) is 11.0. The lowest BCUT2D eigenvalue weighted by molar-refractivity contribution is 0.0691. The van der Waals surface area contributed by atoms with Crippen LogP contribution in [0, 0.1) is 13.8 Å². The van der Waals surface area contributed by atoms with Crippen LogP contribution in [0.15, 0.2) is 33.6 Å². The first-order chi connectivity index (χ1) is 10.6. The predicted molar refractivity (Wildman–Crippen MR) is 85.3 cm³/mol. The van der Waals surface area contributed by atoms with Crippen LogP contribution in [0.3, 0.4) is 0 Å². The van der Waals surface area contributed by atoms with Crippen LogP contribution in [-0.4, -0.2) is 19.5 Å². The number of carboxylic acids is 1. The van der Waals surface area contributed by atoms with Gasteiger partial charge in [0.05, 0.1) is 0 Å². The van der Waals surface area contributed by atoms with Crippen molar-refractivity contribution in [3.63, 3.8) is 0 Å². The van der Waals surface area contributed by atoms with E-state index in [2.05, 4.69) is 4.72 Å². The summed E-state index contributed by atoms with van der Waals surface area (Å²) in [5.74, 6) is -1.26. The lowest BCUT2D eigenvalue weighted by Crippen LogP contribution is -2.28. The summed E-state index contributed by atoms with van der Waals surface area (Å²) in [7, 11) is -4.06. The van der Waals surface area contributed by atoms with Gasteiger partial charge in [0.15, 0.2) is 0 Å². The average molecular weight is 358 g/mol. The van der Waals surface area contributed by atoms with Crippen molar-refractivity contribution in [3.8, 4) is 0 Å². The quantitative estimate of drug-likeness (QED) is 0.855. The second-order valence-corrected chi connectivity index (χ2v) is 7.21. The van der Waals surface area contributed by atoms with E-state index < -0.39 is 22.0 Å². The molecule has 2 rings (SSSR count). The van der Waals surface area contributed by atoms with Gasteiger partial charge in [-0.3, -0.25) is 0 Å². The smallest absolute Gasteiger partial charge is 0.340 e. The molecule has 1 aromatic heterocycles. The molecule has 0 spiro atoms. The van der Waals surface area contributed by atoms with Crippen molar-refractivity contribution in [3.05, 3.63) is 51.9 Å². The number of sulfonamides is 1. The van der Waals surface area contributed by atoms with Crippen molar-refractivity contribution >= 4 is 27.6 Å². The van der Waals surface area contributed by atoms with Gasteiger partial charge in [-0.25, -0.2) is 17.9 Å². The Kier molecular flexibility index (Phi) is 4.84. The second kappa shape index (κ2) is 6.35. The van der Waals surface area contributed by atoms with Crippen LogP contribution in [-0.2, 0) is 10.0 Å². The van der Waals surface area contributed by atoms with Crippen LogP contribution in [0.25, 0.3) is 0 Å². The molecule has 0 fully saturated rings. The zero-order valence-electron chi connectivity index (χ0n) is 12.8. The van der Waals surface area contributed by atoms with Crippen molar-refractivity contribution in [1.29, 1.82) is 0 Å². The molecule has 0 aliphatic rings. The molecular weight excluding hydrogens is 342 g/mol. The van der Waals surface area contributed by atoms with Gasteiger partial charge in [-0.15, -0.1) is 0 Å². The number of halogens is 1. The van der Waals surface area contributed by atoms with Crippen LogP contribution >= 0.6 is 11.6 Å². The minimum Gasteiger partial charge on any atom is -0.478 e. The minimum absolute atomic E-state index is 0.0377. The molecule has 0 radical (unpaired) electrons. The Hall–Kier alpha value is -1.83. The summed E-state index contributed by atoms with van der Waals surface area (Å²) in [5.41, 5.74) is 0.353. The summed E-state index contributed by atoms with van der Waals surface area (Å²) in [6.07, 6.45) is 0. The summed E-state index contributed by atoms with van der Waals surface area (Å²) >= 11 is 5.81. The van der Waals surface area contributed by atoms with Crippen molar-refractivity contribution in [2.45, 2.75) is 31.7 Å². The number of hydrogen-bond donors (Lipinski definition) is 2. The highest BCUT2D eigenvalue weighted by Gasteiger charge is 2.31. The van der Waals surface area contributed by atoms with E-state index in [1.807, 2.05) is 0 Å². The lowest BCUT2D eigenvalue weighted by atomic mass is 10.1. The zero-order chi connectivity index (χ0) is 17.4. The number of furan rings is 1. The topological polar surface area (TPSA) is 96.6 Å². The Balaban J connectivity index is 2.40. The van der Waals surface area contributed by atoms with E-state index in [9.17, 15) is 18.3 Å². The molecule has 0 saturated carbocycles. The predicted octanol–water partition coefficient (Wildman–Crippen LogP) is 3.29. The van der Waals surface area contributed by atoms with E-state index >= 15 is 0 Å². The molecule has 0 aliphatic heterocycles. The van der Waals surface area contributed by atoms with Gasteiger partial charge in [-0.1, -0.05) is 23.7 Å². The van der Waals surface area contributed by atoms with E-state index in [0.29, 0.717) is 10.6 Å². The second-order valence-electron chi connectivity index (χ2n) is 5.12. The molecule has 6 nitrogen and oxygen atoms in total. The molecule has 1 atom stereocenters. The number of carboxylic acid groups (broad SMARTS) is 1. The van der Waals surface area contributed by atoms with Gasteiger partial charge in [0.2, 0.25) is 10.0 Å². The Bertz CT molecular complexity index is 839. The van der Waals surface area contributed by atoms with Gasteiger partial charge >= 0.3 is 5.97 Å².